The molecule has 226 valence electrons. The third-order valence-corrected chi connectivity index (χ3v) is 8.65. The van der Waals surface area contributed by atoms with Gasteiger partial charge in [-0.1, -0.05) is 51.1 Å². The lowest BCUT2D eigenvalue weighted by atomic mass is 9.77. The normalized spacial score (nSPS) is 12.9. The van der Waals surface area contributed by atoms with Gasteiger partial charge >= 0.3 is 12.1 Å². The molecule has 1 atom stereocenters. The van der Waals surface area contributed by atoms with Crippen LogP contribution in [0.15, 0.2) is 71.9 Å². The van der Waals surface area contributed by atoms with Gasteiger partial charge in [0, 0.05) is 12.4 Å². The molecule has 0 radical (unpaired) electrons. The highest BCUT2D eigenvalue weighted by molar-refractivity contribution is 7.89. The molecule has 42 heavy (non-hydrogen) atoms. The number of nitrogens with one attached hydrogen (secondary N) is 1. The number of carbonyl (C=O) groups is 2. The maximum atomic E-state index is 13.4. The molecule has 2 heterocycles. The summed E-state index contributed by atoms with van der Waals surface area (Å²) >= 11 is 0. The zero-order valence-corrected chi connectivity index (χ0v) is 25.8. The van der Waals surface area contributed by atoms with Gasteiger partial charge in [0.1, 0.15) is 22.9 Å². The number of hydrogen-bond donors (Lipinski definition) is 2. The number of anilines is 1. The molecule has 0 spiro atoms. The Kier molecular flexibility index (Phi) is 10.5. The Morgan fingerprint density at radius 2 is 1.67 bits per heavy atom. The molecule has 11 heteroatoms. The van der Waals surface area contributed by atoms with E-state index < -0.39 is 40.3 Å². The number of nitrogens with zero attached hydrogens (tertiary/aromatic N) is 3. The lowest BCUT2D eigenvalue weighted by Crippen LogP contribution is -2.40. The van der Waals surface area contributed by atoms with Crippen LogP contribution in [0, 0.1) is 0 Å². The van der Waals surface area contributed by atoms with Gasteiger partial charge in [-0.05, 0) is 80.8 Å². The van der Waals surface area contributed by atoms with Crippen molar-refractivity contribution in [1.29, 1.82) is 0 Å². The number of benzene rings is 1. The average Bonchev–Trinajstić information content (AvgIpc) is 2.95. The summed E-state index contributed by atoms with van der Waals surface area (Å²) in [5, 5.41) is 9.49. The van der Waals surface area contributed by atoms with E-state index in [1.54, 1.807) is 32.9 Å². The zero-order valence-electron chi connectivity index (χ0n) is 25.0. The number of ether oxygens (including phenoxy) is 1. The Morgan fingerprint density at radius 1 is 1.00 bits per heavy atom. The van der Waals surface area contributed by atoms with E-state index in [9.17, 15) is 23.1 Å². The fourth-order valence-electron chi connectivity index (χ4n) is 4.38. The van der Waals surface area contributed by atoms with Crippen LogP contribution in [0.1, 0.15) is 77.2 Å². The third-order valence-electron chi connectivity index (χ3n) is 7.19. The highest BCUT2D eigenvalue weighted by atomic mass is 32.2. The highest BCUT2D eigenvalue weighted by Gasteiger charge is 2.29. The van der Waals surface area contributed by atoms with Crippen molar-refractivity contribution in [3.8, 4) is 0 Å². The summed E-state index contributed by atoms with van der Waals surface area (Å²) in [6.07, 6.45) is 4.07. The minimum absolute atomic E-state index is 0.00980. The van der Waals surface area contributed by atoms with Crippen LogP contribution in [0.2, 0.25) is 0 Å². The second-order valence-corrected chi connectivity index (χ2v) is 13.1. The summed E-state index contributed by atoms with van der Waals surface area (Å²) in [4.78, 5) is 33.9. The Hall–Kier alpha value is -3.83. The first-order chi connectivity index (χ1) is 19.7. The molecule has 2 N–H and O–H groups in total. The second kappa shape index (κ2) is 13.4. The maximum absolute atomic E-state index is 13.4. The fraction of sp³-hybridized carbons (Fsp3) is 0.419. The molecular formula is C31H40N4O6S. The SMILES string of the molecule is CCC(C)(CC)c1ccc(CC(NS(=O)(=O)c2cccnc2)c2cccc(N(CC(=O)O)C(=O)OC(C)(C)C)n2)cc1. The molecular weight excluding hydrogens is 556 g/mol. The van der Waals surface area contributed by atoms with Gasteiger partial charge in [-0.3, -0.25) is 14.7 Å². The van der Waals surface area contributed by atoms with E-state index in [0.717, 1.165) is 23.3 Å². The topological polar surface area (TPSA) is 139 Å². The fourth-order valence-corrected chi connectivity index (χ4v) is 5.55. The molecule has 0 aliphatic carbocycles. The molecule has 0 aliphatic heterocycles. The van der Waals surface area contributed by atoms with Crippen molar-refractivity contribution in [2.45, 2.75) is 82.8 Å². The number of sulfonamides is 1. The number of carboxylic acid groups (broad SMARTS) is 1. The molecule has 3 aromatic rings. The van der Waals surface area contributed by atoms with Crippen molar-refractivity contribution < 1.29 is 27.9 Å². The van der Waals surface area contributed by atoms with Gasteiger partial charge in [0.2, 0.25) is 10.0 Å². The number of carboxylic acids is 1. The van der Waals surface area contributed by atoms with Crippen molar-refractivity contribution in [3.05, 3.63) is 83.8 Å². The van der Waals surface area contributed by atoms with Gasteiger partial charge in [-0.2, -0.15) is 0 Å². The van der Waals surface area contributed by atoms with Gasteiger partial charge in [0.05, 0.1) is 11.7 Å². The minimum Gasteiger partial charge on any atom is -0.480 e. The van der Waals surface area contributed by atoms with Crippen LogP contribution in [0.4, 0.5) is 10.6 Å². The van der Waals surface area contributed by atoms with Gasteiger partial charge in [0.15, 0.2) is 0 Å². The first-order valence-electron chi connectivity index (χ1n) is 13.9. The summed E-state index contributed by atoms with van der Waals surface area (Å²) < 4.78 is 34.9. The highest BCUT2D eigenvalue weighted by Crippen LogP contribution is 2.32. The lowest BCUT2D eigenvalue weighted by molar-refractivity contribution is -0.135. The van der Waals surface area contributed by atoms with Crippen LogP contribution >= 0.6 is 0 Å². The van der Waals surface area contributed by atoms with Crippen LogP contribution in [0.25, 0.3) is 0 Å². The molecule has 0 saturated carbocycles. The smallest absolute Gasteiger partial charge is 0.416 e. The summed E-state index contributed by atoms with van der Waals surface area (Å²) in [7, 11) is -4.01. The zero-order chi connectivity index (χ0) is 31.1. The Bertz CT molecular complexity index is 1470. The van der Waals surface area contributed by atoms with E-state index in [1.165, 1.54) is 36.2 Å². The maximum Gasteiger partial charge on any atom is 0.416 e. The van der Waals surface area contributed by atoms with Gasteiger partial charge < -0.3 is 9.84 Å². The molecule has 1 amide bonds. The van der Waals surface area contributed by atoms with E-state index in [-0.39, 0.29) is 22.5 Å². The summed E-state index contributed by atoms with van der Waals surface area (Å²) in [5.41, 5.74) is 1.53. The van der Waals surface area contributed by atoms with E-state index in [2.05, 4.69) is 47.6 Å². The van der Waals surface area contributed by atoms with E-state index in [0.29, 0.717) is 5.69 Å². The quantitative estimate of drug-likeness (QED) is 0.274. The van der Waals surface area contributed by atoms with Gasteiger partial charge in [-0.15, -0.1) is 0 Å². The number of amides is 1. The number of rotatable bonds is 12. The summed E-state index contributed by atoms with van der Waals surface area (Å²) in [6, 6.07) is 14.9. The monoisotopic (exact) mass is 596 g/mol. The van der Waals surface area contributed by atoms with E-state index >= 15 is 0 Å². The molecule has 0 aliphatic rings. The predicted octanol–water partition coefficient (Wildman–Crippen LogP) is 5.64. The van der Waals surface area contributed by atoms with Gasteiger partial charge in [-0.25, -0.2) is 22.9 Å². The van der Waals surface area contributed by atoms with E-state index in [4.69, 9.17) is 4.74 Å². The van der Waals surface area contributed by atoms with Crippen LogP contribution in [-0.4, -0.2) is 47.7 Å². The molecule has 3 rings (SSSR count). The summed E-state index contributed by atoms with van der Waals surface area (Å²) in [6.45, 7) is 10.9. The lowest BCUT2D eigenvalue weighted by Gasteiger charge is -2.28. The van der Waals surface area contributed by atoms with Crippen molar-refractivity contribution in [2.75, 3.05) is 11.4 Å². The molecule has 2 aromatic heterocycles. The number of aliphatic carboxylic acids is 1. The van der Waals surface area contributed by atoms with Crippen LogP contribution in [0.3, 0.4) is 0 Å². The second-order valence-electron chi connectivity index (χ2n) is 11.4. The first-order valence-corrected chi connectivity index (χ1v) is 15.4. The predicted molar refractivity (Wildman–Crippen MR) is 161 cm³/mol. The molecule has 1 aromatic carbocycles. The molecule has 0 fully saturated rings. The van der Waals surface area contributed by atoms with Crippen molar-refractivity contribution in [2.24, 2.45) is 0 Å². The largest absolute Gasteiger partial charge is 0.480 e. The Labute approximate surface area is 248 Å². The average molecular weight is 597 g/mol. The number of aromatic nitrogens is 2. The summed E-state index contributed by atoms with van der Waals surface area (Å²) in [5.74, 6) is -1.24. The molecule has 1 unspecified atom stereocenters. The van der Waals surface area contributed by atoms with Crippen LogP contribution in [-0.2, 0) is 31.4 Å². The molecule has 0 bridgehead atoms. The number of hydrogen-bond acceptors (Lipinski definition) is 7. The van der Waals surface area contributed by atoms with Crippen LogP contribution in [0.5, 0.6) is 0 Å². The van der Waals surface area contributed by atoms with Crippen LogP contribution < -0.4 is 9.62 Å². The minimum atomic E-state index is -4.01. The van der Waals surface area contributed by atoms with Gasteiger partial charge in [0.25, 0.3) is 0 Å². The Morgan fingerprint density at radius 3 is 2.21 bits per heavy atom. The molecule has 10 nitrogen and oxygen atoms in total. The third kappa shape index (κ3) is 8.59. The van der Waals surface area contributed by atoms with E-state index in [1.807, 2.05) is 12.1 Å². The molecule has 0 saturated heterocycles. The number of pyridine rings is 2. The first kappa shape index (κ1) is 32.7. The van der Waals surface area contributed by atoms with Crippen molar-refractivity contribution in [1.82, 2.24) is 14.7 Å². The number of carbonyl (C=O) groups excluding carboxylic acids is 1. The standard InChI is InChI=1S/C31H40N4O6S/c1-7-31(6,8-2)23-16-14-22(15-17-23)19-26(34-42(39,40)24-11-10-18-32-20-24)25-12-9-13-27(33-25)35(21-28(36)37)29(38)41-30(3,4)5/h9-18,20,26,34H,7-8,19,21H2,1-6H3,(H,36,37). The van der Waals surface area contributed by atoms with Crippen molar-refractivity contribution >= 4 is 27.9 Å². The Balaban J connectivity index is 2.04. The van der Waals surface area contributed by atoms with Crippen molar-refractivity contribution in [3.63, 3.8) is 0 Å².